The number of hydrogen-bond acceptors (Lipinski definition) is 2. The van der Waals surface area contributed by atoms with Crippen molar-refractivity contribution < 1.29 is 5.11 Å². The molecule has 0 aliphatic carbocycles. The Hall–Kier alpha value is -1.02. The first kappa shape index (κ1) is 9.53. The normalized spacial score (nSPS) is 21.5. The van der Waals surface area contributed by atoms with E-state index in [1.807, 2.05) is 6.92 Å². The van der Waals surface area contributed by atoms with E-state index in [1.54, 1.807) is 0 Å². The van der Waals surface area contributed by atoms with E-state index in [-0.39, 0.29) is 6.10 Å². The number of nitrogens with one attached hydrogen (secondary N) is 1. The number of aliphatic hydroxyl groups is 1. The van der Waals surface area contributed by atoms with Crippen molar-refractivity contribution in [2.75, 3.05) is 5.32 Å². The number of anilines is 1. The summed E-state index contributed by atoms with van der Waals surface area (Å²) in [7, 11) is 0. The number of fused-ring (bicyclic) bond motifs is 1. The lowest BCUT2D eigenvalue weighted by Gasteiger charge is -2.12. The van der Waals surface area contributed by atoms with Crippen LogP contribution in [0.2, 0.25) is 0 Å². The van der Waals surface area contributed by atoms with Gasteiger partial charge in [-0.15, -0.1) is 0 Å². The Bertz CT molecular complexity index is 333. The molecular weight excluding hydrogens is 174 g/mol. The van der Waals surface area contributed by atoms with E-state index in [2.05, 4.69) is 30.4 Å². The van der Waals surface area contributed by atoms with Gasteiger partial charge in [-0.2, -0.15) is 0 Å². The highest BCUT2D eigenvalue weighted by atomic mass is 16.3. The van der Waals surface area contributed by atoms with Crippen LogP contribution in [0.25, 0.3) is 0 Å². The van der Waals surface area contributed by atoms with Gasteiger partial charge in [0.1, 0.15) is 0 Å². The van der Waals surface area contributed by atoms with Gasteiger partial charge in [0.15, 0.2) is 0 Å². The highest BCUT2D eigenvalue weighted by molar-refractivity contribution is 5.57. The Kier molecular flexibility index (Phi) is 2.46. The SMILES string of the molecule is Cc1ccc2c(c1)CC(CC(C)O)N2. The molecule has 1 aromatic carbocycles. The molecule has 1 aliphatic rings. The molecule has 1 heterocycles. The Labute approximate surface area is 85.0 Å². The second kappa shape index (κ2) is 3.62. The van der Waals surface area contributed by atoms with E-state index in [0.29, 0.717) is 6.04 Å². The zero-order valence-electron chi connectivity index (χ0n) is 8.75. The van der Waals surface area contributed by atoms with Crippen LogP contribution in [0.15, 0.2) is 18.2 Å². The molecule has 1 aromatic rings. The van der Waals surface area contributed by atoms with Crippen molar-refractivity contribution in [2.24, 2.45) is 0 Å². The van der Waals surface area contributed by atoms with E-state index < -0.39 is 0 Å². The number of aryl methyl sites for hydroxylation is 1. The molecule has 2 unspecified atom stereocenters. The predicted molar refractivity (Wildman–Crippen MR) is 58.6 cm³/mol. The standard InChI is InChI=1S/C12H17NO/c1-8-3-4-12-10(5-8)7-11(13-12)6-9(2)14/h3-5,9,11,13-14H,6-7H2,1-2H3. The molecule has 2 rings (SSSR count). The molecule has 0 saturated heterocycles. The summed E-state index contributed by atoms with van der Waals surface area (Å²) >= 11 is 0. The molecule has 0 amide bonds. The fraction of sp³-hybridized carbons (Fsp3) is 0.500. The third-order valence-electron chi connectivity index (χ3n) is 2.71. The monoisotopic (exact) mass is 191 g/mol. The van der Waals surface area contributed by atoms with Crippen LogP contribution in [0.4, 0.5) is 5.69 Å². The number of hydrogen-bond donors (Lipinski definition) is 2. The number of rotatable bonds is 2. The summed E-state index contributed by atoms with van der Waals surface area (Å²) in [5.74, 6) is 0. The van der Waals surface area contributed by atoms with Crippen LogP contribution in [0.1, 0.15) is 24.5 Å². The van der Waals surface area contributed by atoms with Crippen LogP contribution in [-0.4, -0.2) is 17.3 Å². The Balaban J connectivity index is 2.10. The quantitative estimate of drug-likeness (QED) is 0.750. The maximum absolute atomic E-state index is 9.31. The minimum Gasteiger partial charge on any atom is -0.393 e. The van der Waals surface area contributed by atoms with Crippen molar-refractivity contribution in [3.63, 3.8) is 0 Å². The fourth-order valence-corrected chi connectivity index (χ4v) is 2.12. The van der Waals surface area contributed by atoms with Gasteiger partial charge >= 0.3 is 0 Å². The lowest BCUT2D eigenvalue weighted by Crippen LogP contribution is -2.20. The highest BCUT2D eigenvalue weighted by Crippen LogP contribution is 2.28. The zero-order chi connectivity index (χ0) is 10.1. The Morgan fingerprint density at radius 2 is 2.36 bits per heavy atom. The smallest absolute Gasteiger partial charge is 0.0531 e. The molecule has 1 aliphatic heterocycles. The molecule has 0 fully saturated rings. The lowest BCUT2D eigenvalue weighted by atomic mass is 10.0. The molecular formula is C12H17NO. The molecule has 14 heavy (non-hydrogen) atoms. The van der Waals surface area contributed by atoms with E-state index in [4.69, 9.17) is 0 Å². The third kappa shape index (κ3) is 1.90. The second-order valence-electron chi connectivity index (χ2n) is 4.29. The maximum Gasteiger partial charge on any atom is 0.0531 e. The zero-order valence-corrected chi connectivity index (χ0v) is 8.75. The average molecular weight is 191 g/mol. The topological polar surface area (TPSA) is 32.3 Å². The molecule has 2 atom stereocenters. The number of aliphatic hydroxyl groups excluding tert-OH is 1. The first-order chi connectivity index (χ1) is 6.65. The Morgan fingerprint density at radius 1 is 1.57 bits per heavy atom. The summed E-state index contributed by atoms with van der Waals surface area (Å²) in [5, 5.41) is 12.7. The highest BCUT2D eigenvalue weighted by Gasteiger charge is 2.21. The summed E-state index contributed by atoms with van der Waals surface area (Å²) < 4.78 is 0. The van der Waals surface area contributed by atoms with Crippen LogP contribution < -0.4 is 5.32 Å². The van der Waals surface area contributed by atoms with Gasteiger partial charge in [-0.25, -0.2) is 0 Å². The fourth-order valence-electron chi connectivity index (χ4n) is 2.12. The first-order valence-electron chi connectivity index (χ1n) is 5.19. The summed E-state index contributed by atoms with van der Waals surface area (Å²) in [5.41, 5.74) is 3.93. The van der Waals surface area contributed by atoms with E-state index in [9.17, 15) is 5.11 Å². The van der Waals surface area contributed by atoms with Gasteiger partial charge in [-0.1, -0.05) is 17.7 Å². The summed E-state index contributed by atoms with van der Waals surface area (Å²) in [4.78, 5) is 0. The second-order valence-corrected chi connectivity index (χ2v) is 4.29. The summed E-state index contributed by atoms with van der Waals surface area (Å²) in [6.45, 7) is 3.96. The minimum absolute atomic E-state index is 0.220. The van der Waals surface area contributed by atoms with Crippen LogP contribution in [0.3, 0.4) is 0 Å². The largest absolute Gasteiger partial charge is 0.393 e. The van der Waals surface area contributed by atoms with Crippen LogP contribution in [0, 0.1) is 6.92 Å². The molecule has 0 saturated carbocycles. The predicted octanol–water partition coefficient (Wildman–Crippen LogP) is 2.10. The number of benzene rings is 1. The van der Waals surface area contributed by atoms with Crippen molar-refractivity contribution in [3.05, 3.63) is 29.3 Å². The molecule has 2 nitrogen and oxygen atoms in total. The van der Waals surface area contributed by atoms with Gasteiger partial charge in [-0.05, 0) is 38.3 Å². The molecule has 0 radical (unpaired) electrons. The van der Waals surface area contributed by atoms with Crippen LogP contribution in [0.5, 0.6) is 0 Å². The maximum atomic E-state index is 9.31. The molecule has 76 valence electrons. The summed E-state index contributed by atoms with van der Waals surface area (Å²) in [6.07, 6.45) is 1.65. The van der Waals surface area contributed by atoms with Gasteiger partial charge in [0, 0.05) is 11.7 Å². The van der Waals surface area contributed by atoms with Crippen molar-refractivity contribution in [1.29, 1.82) is 0 Å². The van der Waals surface area contributed by atoms with Gasteiger partial charge in [0.05, 0.1) is 6.10 Å². The molecule has 2 heteroatoms. The third-order valence-corrected chi connectivity index (χ3v) is 2.71. The van der Waals surface area contributed by atoms with Crippen molar-refractivity contribution in [1.82, 2.24) is 0 Å². The molecule has 0 spiro atoms. The summed E-state index contributed by atoms with van der Waals surface area (Å²) in [6, 6.07) is 6.89. The van der Waals surface area contributed by atoms with Gasteiger partial charge in [-0.3, -0.25) is 0 Å². The lowest BCUT2D eigenvalue weighted by molar-refractivity contribution is 0.178. The minimum atomic E-state index is -0.220. The average Bonchev–Trinajstić information content (AvgIpc) is 2.44. The molecule has 0 aromatic heterocycles. The first-order valence-corrected chi connectivity index (χ1v) is 5.19. The van der Waals surface area contributed by atoms with E-state index in [0.717, 1.165) is 12.8 Å². The van der Waals surface area contributed by atoms with E-state index in [1.165, 1.54) is 16.8 Å². The van der Waals surface area contributed by atoms with Crippen molar-refractivity contribution in [2.45, 2.75) is 38.8 Å². The van der Waals surface area contributed by atoms with Crippen LogP contribution in [-0.2, 0) is 6.42 Å². The van der Waals surface area contributed by atoms with Gasteiger partial charge in [0.25, 0.3) is 0 Å². The Morgan fingerprint density at radius 3 is 3.07 bits per heavy atom. The van der Waals surface area contributed by atoms with Crippen molar-refractivity contribution in [3.8, 4) is 0 Å². The molecule has 2 N–H and O–H groups in total. The van der Waals surface area contributed by atoms with Gasteiger partial charge < -0.3 is 10.4 Å². The van der Waals surface area contributed by atoms with Crippen molar-refractivity contribution >= 4 is 5.69 Å². The molecule has 0 bridgehead atoms. The van der Waals surface area contributed by atoms with Gasteiger partial charge in [0.2, 0.25) is 0 Å². The van der Waals surface area contributed by atoms with E-state index >= 15 is 0 Å². The van der Waals surface area contributed by atoms with Crippen LogP contribution >= 0.6 is 0 Å².